The number of hydrogen-bond donors (Lipinski definition) is 0. The second-order valence-corrected chi connectivity index (χ2v) is 3.55. The molecule has 0 N–H and O–H groups in total. The highest BCUT2D eigenvalue weighted by Crippen LogP contribution is 2.18. The Balaban J connectivity index is 2.24. The van der Waals surface area contributed by atoms with E-state index in [1.165, 1.54) is 5.56 Å². The molecule has 0 radical (unpaired) electrons. The summed E-state index contributed by atoms with van der Waals surface area (Å²) >= 11 is 3.47. The summed E-state index contributed by atoms with van der Waals surface area (Å²) in [6.45, 7) is 0. The zero-order chi connectivity index (χ0) is 9.10. The fourth-order valence-electron chi connectivity index (χ4n) is 1.14. The van der Waals surface area contributed by atoms with Gasteiger partial charge in [-0.3, -0.25) is 0 Å². The second-order valence-electron chi connectivity index (χ2n) is 2.69. The van der Waals surface area contributed by atoms with Crippen molar-refractivity contribution < 1.29 is 4.42 Å². The molecular weight excluding hydrogens is 230 g/mol. The van der Waals surface area contributed by atoms with Crippen LogP contribution >= 0.6 is 15.9 Å². The van der Waals surface area contributed by atoms with E-state index in [2.05, 4.69) is 20.9 Å². The van der Waals surface area contributed by atoms with Crippen molar-refractivity contribution in [1.29, 1.82) is 0 Å². The van der Waals surface area contributed by atoms with E-state index in [-0.39, 0.29) is 0 Å². The highest BCUT2D eigenvalue weighted by Gasteiger charge is 2.02. The molecule has 3 heteroatoms. The molecule has 1 aromatic carbocycles. The number of aromatic nitrogens is 1. The van der Waals surface area contributed by atoms with E-state index in [1.54, 1.807) is 12.5 Å². The van der Waals surface area contributed by atoms with E-state index in [0.717, 1.165) is 16.8 Å². The Labute approximate surface area is 84.7 Å². The smallest absolute Gasteiger partial charge is 0.198 e. The third kappa shape index (κ3) is 1.98. The number of hydrogen-bond acceptors (Lipinski definition) is 2. The first-order valence-corrected chi connectivity index (χ1v) is 4.77. The van der Waals surface area contributed by atoms with Gasteiger partial charge in [-0.1, -0.05) is 34.1 Å². The standard InChI is InChI=1S/C10H8BrNO/c11-9-4-2-1-3-8(9)7-10-12-5-6-13-10/h1-6H,7H2. The summed E-state index contributed by atoms with van der Waals surface area (Å²) in [4.78, 5) is 4.07. The maximum absolute atomic E-state index is 5.16. The first kappa shape index (κ1) is 8.51. The Bertz CT molecular complexity index is 384. The lowest BCUT2D eigenvalue weighted by atomic mass is 10.1. The van der Waals surface area contributed by atoms with Crippen molar-refractivity contribution in [1.82, 2.24) is 4.98 Å². The highest BCUT2D eigenvalue weighted by atomic mass is 79.9. The van der Waals surface area contributed by atoms with E-state index in [0.29, 0.717) is 0 Å². The molecule has 2 aromatic rings. The summed E-state index contributed by atoms with van der Waals surface area (Å²) in [6, 6.07) is 8.05. The zero-order valence-corrected chi connectivity index (χ0v) is 8.49. The predicted octanol–water partition coefficient (Wildman–Crippen LogP) is 3.03. The van der Waals surface area contributed by atoms with Gasteiger partial charge in [0.1, 0.15) is 6.26 Å². The van der Waals surface area contributed by atoms with Crippen molar-refractivity contribution >= 4 is 15.9 Å². The summed E-state index contributed by atoms with van der Waals surface area (Å²) in [7, 11) is 0. The number of rotatable bonds is 2. The van der Waals surface area contributed by atoms with E-state index in [9.17, 15) is 0 Å². The minimum atomic E-state index is 0.731. The monoisotopic (exact) mass is 237 g/mol. The van der Waals surface area contributed by atoms with Crippen LogP contribution in [-0.4, -0.2) is 4.98 Å². The Morgan fingerprint density at radius 1 is 1.31 bits per heavy atom. The molecule has 0 unspecified atom stereocenters. The van der Waals surface area contributed by atoms with Gasteiger partial charge < -0.3 is 4.42 Å². The summed E-state index contributed by atoms with van der Waals surface area (Å²) in [5.74, 6) is 0.743. The van der Waals surface area contributed by atoms with Crippen LogP contribution in [-0.2, 0) is 6.42 Å². The lowest BCUT2D eigenvalue weighted by Gasteiger charge is -1.99. The molecule has 0 saturated carbocycles. The zero-order valence-electron chi connectivity index (χ0n) is 6.90. The van der Waals surface area contributed by atoms with Crippen LogP contribution in [0.25, 0.3) is 0 Å². The molecule has 2 rings (SSSR count). The largest absolute Gasteiger partial charge is 0.449 e. The van der Waals surface area contributed by atoms with Crippen molar-refractivity contribution in [3.63, 3.8) is 0 Å². The Hall–Kier alpha value is -1.09. The van der Waals surface area contributed by atoms with E-state index in [4.69, 9.17) is 4.42 Å². The second kappa shape index (κ2) is 3.75. The fraction of sp³-hybridized carbons (Fsp3) is 0.100. The summed E-state index contributed by atoms with van der Waals surface area (Å²) in [5.41, 5.74) is 1.19. The maximum atomic E-state index is 5.16. The van der Waals surface area contributed by atoms with Crippen molar-refractivity contribution in [2.75, 3.05) is 0 Å². The van der Waals surface area contributed by atoms with Gasteiger partial charge in [-0.05, 0) is 11.6 Å². The lowest BCUT2D eigenvalue weighted by Crippen LogP contribution is -1.88. The molecule has 0 bridgehead atoms. The molecule has 0 aliphatic carbocycles. The molecular formula is C10H8BrNO. The molecule has 0 amide bonds. The molecule has 1 aromatic heterocycles. The van der Waals surface area contributed by atoms with E-state index in [1.807, 2.05) is 24.3 Å². The molecule has 0 saturated heterocycles. The fourth-order valence-corrected chi connectivity index (χ4v) is 1.57. The van der Waals surface area contributed by atoms with Crippen LogP contribution in [0.2, 0.25) is 0 Å². The van der Waals surface area contributed by atoms with Gasteiger partial charge in [0.25, 0.3) is 0 Å². The number of nitrogens with zero attached hydrogens (tertiary/aromatic N) is 1. The van der Waals surface area contributed by atoms with Crippen molar-refractivity contribution in [2.24, 2.45) is 0 Å². The van der Waals surface area contributed by atoms with Gasteiger partial charge >= 0.3 is 0 Å². The van der Waals surface area contributed by atoms with E-state index >= 15 is 0 Å². The predicted molar refractivity (Wildman–Crippen MR) is 53.5 cm³/mol. The van der Waals surface area contributed by atoms with Gasteiger partial charge in [0, 0.05) is 4.47 Å². The van der Waals surface area contributed by atoms with Crippen molar-refractivity contribution in [3.05, 3.63) is 52.7 Å². The number of benzene rings is 1. The molecule has 1 heterocycles. The van der Waals surface area contributed by atoms with Gasteiger partial charge in [-0.2, -0.15) is 0 Å². The molecule has 0 atom stereocenters. The third-order valence-electron chi connectivity index (χ3n) is 1.78. The van der Waals surface area contributed by atoms with Crippen LogP contribution in [0.4, 0.5) is 0 Å². The number of oxazole rings is 1. The average molecular weight is 238 g/mol. The molecule has 0 aliphatic rings. The van der Waals surface area contributed by atoms with Gasteiger partial charge in [0.2, 0.25) is 0 Å². The molecule has 0 aliphatic heterocycles. The van der Waals surface area contributed by atoms with Gasteiger partial charge in [-0.25, -0.2) is 4.98 Å². The Morgan fingerprint density at radius 3 is 2.85 bits per heavy atom. The molecule has 2 nitrogen and oxygen atoms in total. The average Bonchev–Trinajstić information content (AvgIpc) is 2.61. The SMILES string of the molecule is Brc1ccccc1Cc1ncco1. The maximum Gasteiger partial charge on any atom is 0.198 e. The van der Waals surface area contributed by atoms with Crippen LogP contribution in [0.1, 0.15) is 11.5 Å². The molecule has 0 spiro atoms. The minimum absolute atomic E-state index is 0.731. The van der Waals surface area contributed by atoms with Crippen molar-refractivity contribution in [3.8, 4) is 0 Å². The van der Waals surface area contributed by atoms with Crippen molar-refractivity contribution in [2.45, 2.75) is 6.42 Å². The van der Waals surface area contributed by atoms with E-state index < -0.39 is 0 Å². The van der Waals surface area contributed by atoms with Crippen LogP contribution in [0.5, 0.6) is 0 Å². The normalized spacial score (nSPS) is 10.2. The van der Waals surface area contributed by atoms with Gasteiger partial charge in [0.15, 0.2) is 5.89 Å². The van der Waals surface area contributed by atoms with Crippen LogP contribution in [0.3, 0.4) is 0 Å². The molecule has 13 heavy (non-hydrogen) atoms. The Kier molecular flexibility index (Phi) is 2.45. The minimum Gasteiger partial charge on any atom is -0.449 e. The third-order valence-corrected chi connectivity index (χ3v) is 2.56. The van der Waals surface area contributed by atoms with Gasteiger partial charge in [-0.15, -0.1) is 0 Å². The number of halogens is 1. The summed E-state index contributed by atoms with van der Waals surface area (Å²) in [6.07, 6.45) is 3.98. The topological polar surface area (TPSA) is 26.0 Å². The highest BCUT2D eigenvalue weighted by molar-refractivity contribution is 9.10. The summed E-state index contributed by atoms with van der Waals surface area (Å²) in [5, 5.41) is 0. The van der Waals surface area contributed by atoms with Crippen LogP contribution < -0.4 is 0 Å². The van der Waals surface area contributed by atoms with Gasteiger partial charge in [0.05, 0.1) is 12.6 Å². The molecule has 66 valence electrons. The molecule has 0 fully saturated rings. The van der Waals surface area contributed by atoms with Crippen LogP contribution in [0.15, 0.2) is 45.6 Å². The quantitative estimate of drug-likeness (QED) is 0.803. The van der Waals surface area contributed by atoms with Crippen LogP contribution in [0, 0.1) is 0 Å². The lowest BCUT2D eigenvalue weighted by molar-refractivity contribution is 0.506. The first-order chi connectivity index (χ1) is 6.36. The Morgan fingerprint density at radius 2 is 2.15 bits per heavy atom. The first-order valence-electron chi connectivity index (χ1n) is 3.98. The summed E-state index contributed by atoms with van der Waals surface area (Å²) < 4.78 is 6.25.